The molecule has 0 radical (unpaired) electrons. The van der Waals surface area contributed by atoms with Crippen LogP contribution in [0.5, 0.6) is 0 Å². The highest BCUT2D eigenvalue weighted by Gasteiger charge is 2.17. The van der Waals surface area contributed by atoms with Crippen molar-refractivity contribution in [1.82, 2.24) is 19.5 Å². The Morgan fingerprint density at radius 2 is 0.882 bits per heavy atom. The van der Waals surface area contributed by atoms with Gasteiger partial charge in [0.15, 0.2) is 17.5 Å². The summed E-state index contributed by atoms with van der Waals surface area (Å²) >= 11 is 0. The molecule has 0 fully saturated rings. The highest BCUT2D eigenvalue weighted by atomic mass is 15.0. The second-order valence-electron chi connectivity index (χ2n) is 12.9. The van der Waals surface area contributed by atoms with Crippen LogP contribution in [0.2, 0.25) is 0 Å². The summed E-state index contributed by atoms with van der Waals surface area (Å²) in [5.41, 5.74) is 8.60. The summed E-state index contributed by atoms with van der Waals surface area (Å²) < 4.78 is 2.37. The van der Waals surface area contributed by atoms with Crippen LogP contribution in [0.25, 0.3) is 94.3 Å². The first-order valence-corrected chi connectivity index (χ1v) is 17.2. The van der Waals surface area contributed by atoms with Crippen molar-refractivity contribution < 1.29 is 0 Å². The van der Waals surface area contributed by atoms with Crippen molar-refractivity contribution in [2.45, 2.75) is 0 Å². The third-order valence-electron chi connectivity index (χ3n) is 9.80. The number of aromatic nitrogens is 4. The average molecular weight is 651 g/mol. The first kappa shape index (κ1) is 29.0. The van der Waals surface area contributed by atoms with E-state index >= 15 is 0 Å². The molecule has 0 atom stereocenters. The molecule has 10 rings (SSSR count). The van der Waals surface area contributed by atoms with E-state index in [0.29, 0.717) is 17.5 Å². The highest BCUT2D eigenvalue weighted by Crippen LogP contribution is 2.39. The van der Waals surface area contributed by atoms with E-state index in [2.05, 4.69) is 126 Å². The predicted octanol–water partition coefficient (Wildman–Crippen LogP) is 11.9. The highest BCUT2D eigenvalue weighted by molar-refractivity contribution is 6.21. The molecule has 0 bridgehead atoms. The summed E-state index contributed by atoms with van der Waals surface area (Å²) in [6.45, 7) is 0. The lowest BCUT2D eigenvalue weighted by Crippen LogP contribution is -2.01. The molecule has 0 aliphatic heterocycles. The Bertz CT molecular complexity index is 2850. The molecule has 0 spiro atoms. The van der Waals surface area contributed by atoms with Gasteiger partial charge < -0.3 is 4.57 Å². The zero-order chi connectivity index (χ0) is 33.7. The molecule has 0 saturated carbocycles. The fraction of sp³-hybridized carbons (Fsp3) is 0. The lowest BCUT2D eigenvalue weighted by molar-refractivity contribution is 1.07. The molecule has 0 amide bonds. The fourth-order valence-corrected chi connectivity index (χ4v) is 7.34. The van der Waals surface area contributed by atoms with Gasteiger partial charge in [0.1, 0.15) is 0 Å². The van der Waals surface area contributed by atoms with E-state index in [4.69, 9.17) is 15.0 Å². The lowest BCUT2D eigenvalue weighted by Gasteiger charge is -2.12. The molecule has 8 aromatic carbocycles. The van der Waals surface area contributed by atoms with Crippen LogP contribution in [0.1, 0.15) is 0 Å². The molecule has 238 valence electrons. The molecule has 4 heteroatoms. The van der Waals surface area contributed by atoms with Crippen molar-refractivity contribution in [2.75, 3.05) is 0 Å². The van der Waals surface area contributed by atoms with E-state index in [1.165, 1.54) is 43.4 Å². The Hall–Kier alpha value is -6.91. The van der Waals surface area contributed by atoms with Gasteiger partial charge in [-0.25, -0.2) is 15.0 Å². The van der Waals surface area contributed by atoms with Crippen LogP contribution in [0.15, 0.2) is 182 Å². The normalized spacial score (nSPS) is 11.5. The number of hydrogen-bond acceptors (Lipinski definition) is 3. The first-order chi connectivity index (χ1) is 25.3. The van der Waals surface area contributed by atoms with Gasteiger partial charge in [0.05, 0.1) is 11.0 Å². The van der Waals surface area contributed by atoms with Crippen molar-refractivity contribution in [3.8, 4) is 51.0 Å². The third kappa shape index (κ3) is 5.04. The Morgan fingerprint density at radius 1 is 0.314 bits per heavy atom. The topological polar surface area (TPSA) is 43.6 Å². The minimum Gasteiger partial charge on any atom is -0.309 e. The molecule has 0 N–H and O–H groups in total. The molecule has 0 unspecified atom stereocenters. The summed E-state index contributed by atoms with van der Waals surface area (Å²) in [5.74, 6) is 1.93. The summed E-state index contributed by atoms with van der Waals surface area (Å²) in [7, 11) is 0. The van der Waals surface area contributed by atoms with Gasteiger partial charge in [-0.2, -0.15) is 0 Å². The molecule has 0 aliphatic rings. The van der Waals surface area contributed by atoms with Gasteiger partial charge in [-0.3, -0.25) is 0 Å². The first-order valence-electron chi connectivity index (χ1n) is 17.2. The second kappa shape index (κ2) is 11.9. The Kier molecular flexibility index (Phi) is 6.78. The minimum absolute atomic E-state index is 0.635. The molecular weight excluding hydrogens is 621 g/mol. The number of fused-ring (bicyclic) bond motifs is 6. The molecule has 0 saturated heterocycles. The van der Waals surface area contributed by atoms with Gasteiger partial charge in [-0.1, -0.05) is 146 Å². The molecule has 10 aromatic rings. The lowest BCUT2D eigenvalue weighted by atomic mass is 9.96. The van der Waals surface area contributed by atoms with Gasteiger partial charge in [-0.15, -0.1) is 0 Å². The number of para-hydroxylation sites is 1. The number of nitrogens with zero attached hydrogens (tertiary/aromatic N) is 4. The van der Waals surface area contributed by atoms with E-state index in [0.717, 1.165) is 33.4 Å². The van der Waals surface area contributed by atoms with Crippen molar-refractivity contribution in [1.29, 1.82) is 0 Å². The van der Waals surface area contributed by atoms with Crippen LogP contribution in [-0.2, 0) is 0 Å². The minimum atomic E-state index is 0.635. The Balaban J connectivity index is 1.16. The Morgan fingerprint density at radius 3 is 1.63 bits per heavy atom. The summed E-state index contributed by atoms with van der Waals surface area (Å²) in [6, 6.07) is 64.1. The zero-order valence-electron chi connectivity index (χ0n) is 27.6. The van der Waals surface area contributed by atoms with E-state index in [-0.39, 0.29) is 0 Å². The molecule has 2 aromatic heterocycles. The standard InChI is InChI=1S/C47H30N4/c1-3-13-33(14-4-1)45-48-46(34-15-5-2-6-16-34)50-47(49-45)38-18-11-19-39(29-38)51-42-21-10-9-20-40(42)44-41-30-37(25-23-32(41)26-27-43(44)51)36-24-22-31-12-7-8-17-35(31)28-36/h1-30H. The van der Waals surface area contributed by atoms with Crippen LogP contribution in [0.3, 0.4) is 0 Å². The summed E-state index contributed by atoms with van der Waals surface area (Å²) in [6.07, 6.45) is 0. The van der Waals surface area contributed by atoms with Crippen LogP contribution < -0.4 is 0 Å². The SMILES string of the molecule is c1ccc(-c2nc(-c3ccccc3)nc(-c3cccc(-n4c5ccccc5c5c6cc(-c7ccc8ccccc8c7)ccc6ccc54)c3)n2)cc1. The molecular formula is C47H30N4. The summed E-state index contributed by atoms with van der Waals surface area (Å²) in [5, 5.41) is 7.41. The molecule has 0 aliphatic carbocycles. The largest absolute Gasteiger partial charge is 0.309 e. The van der Waals surface area contributed by atoms with Crippen LogP contribution in [0.4, 0.5) is 0 Å². The van der Waals surface area contributed by atoms with E-state index in [1.807, 2.05) is 60.7 Å². The summed E-state index contributed by atoms with van der Waals surface area (Å²) in [4.78, 5) is 14.9. The van der Waals surface area contributed by atoms with E-state index in [1.54, 1.807) is 0 Å². The van der Waals surface area contributed by atoms with E-state index < -0.39 is 0 Å². The fourth-order valence-electron chi connectivity index (χ4n) is 7.34. The maximum atomic E-state index is 5.01. The quantitative estimate of drug-likeness (QED) is 0.186. The smallest absolute Gasteiger partial charge is 0.164 e. The van der Waals surface area contributed by atoms with E-state index in [9.17, 15) is 0 Å². The van der Waals surface area contributed by atoms with Crippen molar-refractivity contribution >= 4 is 43.4 Å². The monoisotopic (exact) mass is 650 g/mol. The third-order valence-corrected chi connectivity index (χ3v) is 9.80. The van der Waals surface area contributed by atoms with Gasteiger partial charge in [0.2, 0.25) is 0 Å². The predicted molar refractivity (Wildman–Crippen MR) is 211 cm³/mol. The number of benzene rings is 8. The van der Waals surface area contributed by atoms with Gasteiger partial charge in [-0.05, 0) is 69.1 Å². The van der Waals surface area contributed by atoms with Gasteiger partial charge in [0.25, 0.3) is 0 Å². The van der Waals surface area contributed by atoms with Crippen molar-refractivity contribution in [3.05, 3.63) is 182 Å². The second-order valence-corrected chi connectivity index (χ2v) is 12.9. The van der Waals surface area contributed by atoms with Gasteiger partial charge >= 0.3 is 0 Å². The molecule has 51 heavy (non-hydrogen) atoms. The number of hydrogen-bond donors (Lipinski definition) is 0. The number of rotatable bonds is 5. The molecule has 2 heterocycles. The zero-order valence-corrected chi connectivity index (χ0v) is 27.6. The van der Waals surface area contributed by atoms with Crippen molar-refractivity contribution in [2.24, 2.45) is 0 Å². The Labute approximate surface area is 295 Å². The van der Waals surface area contributed by atoms with Crippen molar-refractivity contribution in [3.63, 3.8) is 0 Å². The average Bonchev–Trinajstić information content (AvgIpc) is 3.56. The van der Waals surface area contributed by atoms with Crippen LogP contribution in [0, 0.1) is 0 Å². The maximum absolute atomic E-state index is 5.01. The maximum Gasteiger partial charge on any atom is 0.164 e. The van der Waals surface area contributed by atoms with Gasteiger partial charge in [0, 0.05) is 33.2 Å². The van der Waals surface area contributed by atoms with Crippen LogP contribution >= 0.6 is 0 Å². The van der Waals surface area contributed by atoms with Crippen LogP contribution in [-0.4, -0.2) is 19.5 Å². The molecule has 4 nitrogen and oxygen atoms in total.